The lowest BCUT2D eigenvalue weighted by Gasteiger charge is -1.48. The summed E-state index contributed by atoms with van der Waals surface area (Å²) in [6.45, 7) is 46.8. The zero-order valence-corrected chi connectivity index (χ0v) is 29.8. The molecule has 300 valence electrons. The molecule has 0 aliphatic rings. The van der Waals surface area contributed by atoms with Crippen LogP contribution in [0.3, 0.4) is 0 Å². The van der Waals surface area contributed by atoms with Crippen LogP contribution in [0.25, 0.3) is 0 Å². The Kier molecular flexibility index (Phi) is 2130. The van der Waals surface area contributed by atoms with Crippen LogP contribution in [0, 0.1) is 0 Å². The molecule has 0 N–H and O–H groups in total. The SMILES string of the molecule is C.C.C.C.C.C.C.C.C.C.CCC.CCC.CCC.CCC.CCC.CCC.CCC.CCC.CCC.CCC.CCC. The van der Waals surface area contributed by atoms with E-state index in [0.717, 1.165) is 0 Å². The van der Waals surface area contributed by atoms with Gasteiger partial charge in [-0.1, -0.05) is 297 Å². The lowest BCUT2D eigenvalue weighted by molar-refractivity contribution is 1.09. The van der Waals surface area contributed by atoms with Crippen molar-refractivity contribution < 1.29 is 0 Å². The van der Waals surface area contributed by atoms with Crippen LogP contribution in [0.2, 0.25) is 0 Å². The summed E-state index contributed by atoms with van der Waals surface area (Å²) in [5, 5.41) is 0. The maximum atomic E-state index is 2.12. The molecule has 0 spiro atoms. The van der Waals surface area contributed by atoms with Gasteiger partial charge in [0.2, 0.25) is 0 Å². The number of rotatable bonds is 0. The third-order valence-electron chi connectivity index (χ3n) is 0. The summed E-state index contributed by atoms with van der Waals surface area (Å²) < 4.78 is 0. The van der Waals surface area contributed by atoms with Gasteiger partial charge in [-0.15, -0.1) is 0 Å². The first-order valence-corrected chi connectivity index (χ1v) is 15.6. The fourth-order valence-corrected chi connectivity index (χ4v) is 0. The second-order valence-corrected chi connectivity index (χ2v) is 7.78. The highest BCUT2D eigenvalue weighted by molar-refractivity contribution is 3.95. The summed E-state index contributed by atoms with van der Waals surface area (Å²) in [6, 6.07) is 0. The molecule has 0 aromatic rings. The van der Waals surface area contributed by atoms with E-state index in [-0.39, 0.29) is 74.3 Å². The van der Waals surface area contributed by atoms with Crippen molar-refractivity contribution in [3.05, 3.63) is 0 Å². The van der Waals surface area contributed by atoms with Crippen LogP contribution in [-0.4, -0.2) is 0 Å². The molecule has 0 atom stereocenters. The van der Waals surface area contributed by atoms with Crippen molar-refractivity contribution in [2.75, 3.05) is 0 Å². The molecule has 0 fully saturated rings. The molecule has 0 aromatic carbocycles. The van der Waals surface area contributed by atoms with Gasteiger partial charge in [-0.2, -0.15) is 0 Å². The van der Waals surface area contributed by atoms with E-state index in [0.29, 0.717) is 0 Å². The van der Waals surface area contributed by atoms with Crippen molar-refractivity contribution in [1.29, 1.82) is 0 Å². The molecule has 0 bridgehead atoms. The van der Waals surface area contributed by atoms with Crippen LogP contribution in [0.4, 0.5) is 0 Å². The average molecular weight is 645 g/mol. The minimum atomic E-state index is 0. The van der Waals surface area contributed by atoms with Gasteiger partial charge in [0.25, 0.3) is 0 Å². The molecule has 0 saturated heterocycles. The molecule has 0 heterocycles. The van der Waals surface area contributed by atoms with E-state index in [1.807, 2.05) is 0 Å². The third-order valence-corrected chi connectivity index (χ3v) is 0. The predicted octanol–water partition coefficient (Wildman–Crippen LogP) is 21.9. The molecular formula is C43H128. The van der Waals surface area contributed by atoms with E-state index in [1.165, 1.54) is 70.6 Å². The number of hydrogen-bond donors (Lipinski definition) is 0. The van der Waals surface area contributed by atoms with Gasteiger partial charge in [0.1, 0.15) is 0 Å². The summed E-state index contributed by atoms with van der Waals surface area (Å²) in [7, 11) is 0. The summed E-state index contributed by atoms with van der Waals surface area (Å²) in [6.07, 6.45) is 13.8. The van der Waals surface area contributed by atoms with Gasteiger partial charge in [-0.05, 0) is 0 Å². The smallest absolute Gasteiger partial charge is 0.0590 e. The summed E-state index contributed by atoms with van der Waals surface area (Å²) in [5.74, 6) is 0. The first-order valence-electron chi connectivity index (χ1n) is 15.6. The van der Waals surface area contributed by atoms with E-state index in [9.17, 15) is 0 Å². The van der Waals surface area contributed by atoms with Gasteiger partial charge < -0.3 is 0 Å². The minimum Gasteiger partial charge on any atom is -0.0776 e. The maximum Gasteiger partial charge on any atom is -0.0590 e. The Morgan fingerprint density at radius 3 is 0.116 bits per heavy atom. The van der Waals surface area contributed by atoms with E-state index >= 15 is 0 Å². The van der Waals surface area contributed by atoms with Gasteiger partial charge >= 0.3 is 0 Å². The zero-order valence-electron chi connectivity index (χ0n) is 29.8. The summed E-state index contributed by atoms with van der Waals surface area (Å²) in [4.78, 5) is 0. The third kappa shape index (κ3) is 0. The van der Waals surface area contributed by atoms with E-state index in [2.05, 4.69) is 152 Å². The fraction of sp³-hybridized carbons (Fsp3) is 1.00. The molecular weight excluding hydrogens is 516 g/mol. The van der Waals surface area contributed by atoms with Gasteiger partial charge in [0.05, 0.1) is 0 Å². The first kappa shape index (κ1) is 157. The van der Waals surface area contributed by atoms with Gasteiger partial charge in [0, 0.05) is 0 Å². The van der Waals surface area contributed by atoms with Gasteiger partial charge in [-0.3, -0.25) is 0 Å². The van der Waals surface area contributed by atoms with Crippen LogP contribution in [0.1, 0.15) is 297 Å². The van der Waals surface area contributed by atoms with Crippen molar-refractivity contribution in [3.63, 3.8) is 0 Å². The Bertz CT molecular complexity index is 38.1. The first-order chi connectivity index (χ1) is 15.6. The van der Waals surface area contributed by atoms with Crippen LogP contribution >= 0.6 is 0 Å². The minimum absolute atomic E-state index is 0. The molecule has 0 nitrogen and oxygen atoms in total. The van der Waals surface area contributed by atoms with Crippen LogP contribution in [0.5, 0.6) is 0 Å². The zero-order chi connectivity index (χ0) is 29.8. The Labute approximate surface area is 296 Å². The highest BCUT2D eigenvalue weighted by Crippen LogP contribution is 1.59. The number of hydrogen-bond acceptors (Lipinski definition) is 0. The molecule has 0 aliphatic carbocycles. The van der Waals surface area contributed by atoms with Gasteiger partial charge in [-0.25, -0.2) is 0 Å². The molecule has 0 radical (unpaired) electrons. The van der Waals surface area contributed by atoms with Crippen molar-refractivity contribution in [1.82, 2.24) is 0 Å². The van der Waals surface area contributed by atoms with Crippen molar-refractivity contribution in [3.8, 4) is 0 Å². The highest BCUT2D eigenvalue weighted by Gasteiger charge is 1.38. The Hall–Kier alpha value is 0. The molecule has 0 unspecified atom stereocenters. The van der Waals surface area contributed by atoms with Crippen molar-refractivity contribution in [2.24, 2.45) is 0 Å². The predicted molar refractivity (Wildman–Crippen MR) is 243 cm³/mol. The summed E-state index contributed by atoms with van der Waals surface area (Å²) in [5.41, 5.74) is 0. The van der Waals surface area contributed by atoms with Crippen LogP contribution in [0.15, 0.2) is 0 Å². The standard InChI is InChI=1S/11C3H8.10CH4/c11*1-3-2;;;;;;;;;;/h11*3H2,1-2H3;10*1H4. The van der Waals surface area contributed by atoms with Crippen LogP contribution in [-0.2, 0) is 0 Å². The topological polar surface area (TPSA) is 0 Å². The molecule has 0 amide bonds. The lowest BCUT2D eigenvalue weighted by Crippen LogP contribution is -1.27. The van der Waals surface area contributed by atoms with Crippen LogP contribution < -0.4 is 0 Å². The monoisotopic (exact) mass is 645 g/mol. The fourth-order valence-electron chi connectivity index (χ4n) is 0. The van der Waals surface area contributed by atoms with Crippen molar-refractivity contribution in [2.45, 2.75) is 297 Å². The Morgan fingerprint density at radius 2 is 0.116 bits per heavy atom. The summed E-state index contributed by atoms with van der Waals surface area (Å²) >= 11 is 0. The lowest BCUT2D eigenvalue weighted by atomic mass is 10.6. The van der Waals surface area contributed by atoms with Crippen molar-refractivity contribution >= 4 is 0 Å². The molecule has 0 aliphatic heterocycles. The maximum absolute atomic E-state index is 2.12. The second-order valence-electron chi connectivity index (χ2n) is 7.78. The molecule has 0 aromatic heterocycles. The molecule has 0 heteroatoms. The Morgan fingerprint density at radius 1 is 0.116 bits per heavy atom. The molecule has 0 rings (SSSR count). The Balaban J connectivity index is -0.00000000637. The molecule has 43 heavy (non-hydrogen) atoms. The van der Waals surface area contributed by atoms with E-state index in [4.69, 9.17) is 0 Å². The van der Waals surface area contributed by atoms with Gasteiger partial charge in [0.15, 0.2) is 0 Å². The van der Waals surface area contributed by atoms with E-state index in [1.54, 1.807) is 0 Å². The second kappa shape index (κ2) is 583. The largest absolute Gasteiger partial charge is 0.0776 e. The van der Waals surface area contributed by atoms with E-state index < -0.39 is 0 Å². The highest BCUT2D eigenvalue weighted by atomic mass is 13.5. The average Bonchev–Trinajstić information content (AvgIpc) is 2.68. The normalized spacial score (nSPS) is 4.60. The quantitative estimate of drug-likeness (QED) is 0.246. The molecule has 0 saturated carbocycles.